The summed E-state index contributed by atoms with van der Waals surface area (Å²) in [6, 6.07) is 14.7. The van der Waals surface area contributed by atoms with Crippen molar-refractivity contribution >= 4 is 21.6 Å². The molecule has 1 aliphatic rings. The molecule has 1 fully saturated rings. The quantitative estimate of drug-likeness (QED) is 0.314. The minimum atomic E-state index is -0.594. The molecule has 0 N–H and O–H groups in total. The number of piperazine rings is 1. The molecule has 0 aliphatic carbocycles. The molecule has 1 aromatic carbocycles. The van der Waals surface area contributed by atoms with Crippen molar-refractivity contribution in [3.05, 3.63) is 76.8 Å². The Morgan fingerprint density at radius 3 is 2.54 bits per heavy atom. The van der Waals surface area contributed by atoms with E-state index in [9.17, 15) is 5.26 Å². The number of nitriles is 1. The Hall–Kier alpha value is -3.49. The standard InChI is InChI=1S/C27H29N7O2S/c1-35-15-14-33-10-12-34(13-11-33)18-20-2-4-21(5-3-20)19-36-27-30-9-6-23(32-27)22(16-28)26-31-24-17-29-8-7-25(24)37-26/h2-9,17,22H,10-15,18-19H2,1H3. The number of pyridine rings is 1. The van der Waals surface area contributed by atoms with E-state index in [4.69, 9.17) is 9.47 Å². The van der Waals surface area contributed by atoms with E-state index in [-0.39, 0.29) is 6.01 Å². The Kier molecular flexibility index (Phi) is 8.28. The van der Waals surface area contributed by atoms with Gasteiger partial charge >= 0.3 is 6.01 Å². The van der Waals surface area contributed by atoms with Crippen molar-refractivity contribution in [1.82, 2.24) is 29.7 Å². The molecule has 3 aromatic heterocycles. The van der Waals surface area contributed by atoms with Gasteiger partial charge in [0, 0.05) is 58.8 Å². The normalized spacial score (nSPS) is 15.5. The number of fused-ring (bicyclic) bond motifs is 1. The van der Waals surface area contributed by atoms with E-state index in [1.165, 1.54) is 16.9 Å². The third kappa shape index (κ3) is 6.45. The van der Waals surface area contributed by atoms with Crippen LogP contribution in [0.25, 0.3) is 10.2 Å². The van der Waals surface area contributed by atoms with Crippen LogP contribution in [0, 0.1) is 11.3 Å². The summed E-state index contributed by atoms with van der Waals surface area (Å²) < 4.78 is 12.0. The first-order valence-electron chi connectivity index (χ1n) is 12.3. The molecular formula is C27H29N7O2S. The summed E-state index contributed by atoms with van der Waals surface area (Å²) in [6.07, 6.45) is 5.05. The van der Waals surface area contributed by atoms with Crippen molar-refractivity contribution in [3.63, 3.8) is 0 Å². The molecule has 1 unspecified atom stereocenters. The molecule has 4 heterocycles. The van der Waals surface area contributed by atoms with Gasteiger partial charge in [-0.05, 0) is 23.3 Å². The summed E-state index contributed by atoms with van der Waals surface area (Å²) in [4.78, 5) is 22.4. The number of rotatable bonds is 10. The maximum atomic E-state index is 9.84. The van der Waals surface area contributed by atoms with Gasteiger partial charge in [0.1, 0.15) is 17.5 Å². The lowest BCUT2D eigenvalue weighted by Crippen LogP contribution is -2.46. The van der Waals surface area contributed by atoms with Gasteiger partial charge in [0.2, 0.25) is 0 Å². The van der Waals surface area contributed by atoms with E-state index in [0.717, 1.165) is 61.7 Å². The Bertz CT molecular complexity index is 1310. The van der Waals surface area contributed by atoms with Crippen molar-refractivity contribution < 1.29 is 9.47 Å². The van der Waals surface area contributed by atoms with Gasteiger partial charge in [0.25, 0.3) is 0 Å². The van der Waals surface area contributed by atoms with Crippen LogP contribution in [0.3, 0.4) is 0 Å². The molecule has 0 saturated carbocycles. The second-order valence-electron chi connectivity index (χ2n) is 8.94. The fourth-order valence-electron chi connectivity index (χ4n) is 4.29. The average Bonchev–Trinajstić information content (AvgIpc) is 3.37. The molecular weight excluding hydrogens is 486 g/mol. The maximum Gasteiger partial charge on any atom is 0.316 e. The van der Waals surface area contributed by atoms with Crippen molar-refractivity contribution in [2.24, 2.45) is 0 Å². The van der Waals surface area contributed by atoms with Gasteiger partial charge in [-0.3, -0.25) is 14.8 Å². The van der Waals surface area contributed by atoms with Crippen LogP contribution in [0.4, 0.5) is 0 Å². The zero-order chi connectivity index (χ0) is 25.5. The highest BCUT2D eigenvalue weighted by molar-refractivity contribution is 7.18. The molecule has 190 valence electrons. The highest BCUT2D eigenvalue weighted by Gasteiger charge is 2.21. The van der Waals surface area contributed by atoms with Crippen LogP contribution in [0.5, 0.6) is 6.01 Å². The second kappa shape index (κ2) is 12.2. The second-order valence-corrected chi connectivity index (χ2v) is 10.00. The molecule has 9 nitrogen and oxygen atoms in total. The fraction of sp³-hybridized carbons (Fsp3) is 0.370. The van der Waals surface area contributed by atoms with E-state index in [0.29, 0.717) is 17.3 Å². The third-order valence-corrected chi connectivity index (χ3v) is 7.51. The molecule has 37 heavy (non-hydrogen) atoms. The molecule has 1 atom stereocenters. The first kappa shape index (κ1) is 25.2. The summed E-state index contributed by atoms with van der Waals surface area (Å²) in [5, 5.41) is 10.5. The van der Waals surface area contributed by atoms with Crippen LogP contribution >= 0.6 is 11.3 Å². The minimum Gasteiger partial charge on any atom is -0.459 e. The van der Waals surface area contributed by atoms with Crippen LogP contribution in [0.15, 0.2) is 55.0 Å². The lowest BCUT2D eigenvalue weighted by Gasteiger charge is -2.34. The number of thiazole rings is 1. The lowest BCUT2D eigenvalue weighted by atomic mass is 10.1. The molecule has 4 aromatic rings. The smallest absolute Gasteiger partial charge is 0.316 e. The number of nitrogens with zero attached hydrogens (tertiary/aromatic N) is 7. The van der Waals surface area contributed by atoms with Crippen LogP contribution in [0.1, 0.15) is 27.7 Å². The molecule has 0 amide bonds. The number of methoxy groups -OCH3 is 1. The van der Waals surface area contributed by atoms with Crippen molar-refractivity contribution in [2.75, 3.05) is 46.4 Å². The van der Waals surface area contributed by atoms with E-state index in [2.05, 4.69) is 60.1 Å². The maximum absolute atomic E-state index is 9.84. The van der Waals surface area contributed by atoms with Gasteiger partial charge in [-0.25, -0.2) is 9.97 Å². The van der Waals surface area contributed by atoms with E-state index in [1.54, 1.807) is 31.8 Å². The highest BCUT2D eigenvalue weighted by Crippen LogP contribution is 2.30. The zero-order valence-corrected chi connectivity index (χ0v) is 21.6. The van der Waals surface area contributed by atoms with E-state index >= 15 is 0 Å². The summed E-state index contributed by atoms with van der Waals surface area (Å²) in [6.45, 7) is 7.39. The van der Waals surface area contributed by atoms with Crippen molar-refractivity contribution in [2.45, 2.75) is 19.1 Å². The molecule has 0 radical (unpaired) electrons. The molecule has 10 heteroatoms. The number of benzene rings is 1. The van der Waals surface area contributed by atoms with Crippen LogP contribution in [-0.4, -0.2) is 76.2 Å². The topological polar surface area (TPSA) is 100 Å². The monoisotopic (exact) mass is 515 g/mol. The number of ether oxygens (including phenoxy) is 2. The first-order valence-corrected chi connectivity index (χ1v) is 13.1. The van der Waals surface area contributed by atoms with Gasteiger partial charge < -0.3 is 9.47 Å². The van der Waals surface area contributed by atoms with Gasteiger partial charge in [0.05, 0.1) is 34.8 Å². The summed E-state index contributed by atoms with van der Waals surface area (Å²) >= 11 is 1.47. The van der Waals surface area contributed by atoms with Gasteiger partial charge in [0.15, 0.2) is 0 Å². The highest BCUT2D eigenvalue weighted by atomic mass is 32.1. The summed E-state index contributed by atoms with van der Waals surface area (Å²) in [5.74, 6) is -0.594. The number of hydrogen-bond donors (Lipinski definition) is 0. The molecule has 1 saturated heterocycles. The number of aromatic nitrogens is 4. The first-order chi connectivity index (χ1) is 18.2. The Balaban J connectivity index is 1.16. The number of hydrogen-bond acceptors (Lipinski definition) is 10. The average molecular weight is 516 g/mol. The van der Waals surface area contributed by atoms with Crippen LogP contribution in [0.2, 0.25) is 0 Å². The Labute approximate surface area is 220 Å². The Morgan fingerprint density at radius 2 is 1.78 bits per heavy atom. The van der Waals surface area contributed by atoms with E-state index in [1.807, 2.05) is 6.07 Å². The minimum absolute atomic E-state index is 0.246. The van der Waals surface area contributed by atoms with Crippen LogP contribution < -0.4 is 4.74 Å². The van der Waals surface area contributed by atoms with E-state index < -0.39 is 5.92 Å². The largest absolute Gasteiger partial charge is 0.459 e. The van der Waals surface area contributed by atoms with Gasteiger partial charge in [-0.15, -0.1) is 11.3 Å². The molecule has 0 spiro atoms. The zero-order valence-electron chi connectivity index (χ0n) is 20.8. The SMILES string of the molecule is COCCN1CCN(Cc2ccc(COc3nccc(C(C#N)c4nc5cnccc5s4)n3)cc2)CC1. The molecule has 5 rings (SSSR count). The third-order valence-electron chi connectivity index (χ3n) is 6.41. The van der Waals surface area contributed by atoms with Crippen LogP contribution in [-0.2, 0) is 17.9 Å². The molecule has 0 bridgehead atoms. The van der Waals surface area contributed by atoms with Crippen molar-refractivity contribution in [3.8, 4) is 12.1 Å². The van der Waals surface area contributed by atoms with Crippen molar-refractivity contribution in [1.29, 1.82) is 5.26 Å². The predicted octanol–water partition coefficient (Wildman–Crippen LogP) is 3.48. The predicted molar refractivity (Wildman–Crippen MR) is 141 cm³/mol. The summed E-state index contributed by atoms with van der Waals surface area (Å²) in [7, 11) is 1.75. The van der Waals surface area contributed by atoms with Gasteiger partial charge in [-0.2, -0.15) is 10.2 Å². The lowest BCUT2D eigenvalue weighted by molar-refractivity contribution is 0.0938. The molecule has 1 aliphatic heterocycles. The Morgan fingerprint density at radius 1 is 1.00 bits per heavy atom. The van der Waals surface area contributed by atoms with Gasteiger partial charge in [-0.1, -0.05) is 24.3 Å². The summed E-state index contributed by atoms with van der Waals surface area (Å²) in [5.41, 5.74) is 3.67. The fourth-order valence-corrected chi connectivity index (χ4v) is 5.28.